The predicted molar refractivity (Wildman–Crippen MR) is 110 cm³/mol. The van der Waals surface area contributed by atoms with Gasteiger partial charge in [-0.05, 0) is 50.2 Å². The molecule has 0 bridgehead atoms. The van der Waals surface area contributed by atoms with E-state index in [2.05, 4.69) is 10.2 Å². The maximum atomic E-state index is 11.9. The van der Waals surface area contributed by atoms with Crippen molar-refractivity contribution >= 4 is 29.3 Å². The topological polar surface area (TPSA) is 66.2 Å². The summed E-state index contributed by atoms with van der Waals surface area (Å²) in [6.07, 6.45) is 0. The third-order valence-corrected chi connectivity index (χ3v) is 5.32. The fourth-order valence-corrected chi connectivity index (χ4v) is 3.74. The molecule has 0 fully saturated rings. The molecule has 3 aromatic rings. The second-order valence-electron chi connectivity index (χ2n) is 5.83. The summed E-state index contributed by atoms with van der Waals surface area (Å²) in [5.74, 6) is 1.04. The Bertz CT molecular complexity index is 960. The van der Waals surface area contributed by atoms with Gasteiger partial charge in [-0.25, -0.2) is 0 Å². The zero-order valence-corrected chi connectivity index (χ0v) is 17.3. The summed E-state index contributed by atoms with van der Waals surface area (Å²) < 4.78 is 12.2. The lowest BCUT2D eigenvalue weighted by Gasteiger charge is -2.13. The SMILES string of the molecule is CCOc1ccc(-n2c(SC(C)C(=O)OC)nnc2-c2ccccc2Cl)cc1. The Balaban J connectivity index is 2.09. The Morgan fingerprint density at radius 3 is 2.54 bits per heavy atom. The molecule has 0 aliphatic heterocycles. The van der Waals surface area contributed by atoms with Crippen molar-refractivity contribution in [2.24, 2.45) is 0 Å². The van der Waals surface area contributed by atoms with Crippen molar-refractivity contribution in [3.63, 3.8) is 0 Å². The summed E-state index contributed by atoms with van der Waals surface area (Å²) in [5, 5.41) is 9.35. The van der Waals surface area contributed by atoms with Crippen molar-refractivity contribution in [3.05, 3.63) is 53.6 Å². The zero-order valence-electron chi connectivity index (χ0n) is 15.8. The standard InChI is InChI=1S/C20H20ClN3O3S/c1-4-27-15-11-9-14(10-12-15)24-18(16-7-5-6-8-17(16)21)22-23-20(24)28-13(2)19(25)26-3/h5-13H,4H2,1-3H3. The van der Waals surface area contributed by atoms with E-state index in [9.17, 15) is 4.79 Å². The van der Waals surface area contributed by atoms with Crippen LogP contribution < -0.4 is 4.74 Å². The molecule has 2 aromatic carbocycles. The third-order valence-electron chi connectivity index (χ3n) is 3.97. The molecule has 1 unspecified atom stereocenters. The van der Waals surface area contributed by atoms with Crippen LogP contribution in [0.5, 0.6) is 5.75 Å². The van der Waals surface area contributed by atoms with Crippen LogP contribution in [-0.2, 0) is 9.53 Å². The summed E-state index contributed by atoms with van der Waals surface area (Å²) in [6.45, 7) is 4.30. The summed E-state index contributed by atoms with van der Waals surface area (Å²) in [4.78, 5) is 11.9. The largest absolute Gasteiger partial charge is 0.494 e. The summed E-state index contributed by atoms with van der Waals surface area (Å²) >= 11 is 7.66. The molecule has 1 aromatic heterocycles. The van der Waals surface area contributed by atoms with Crippen molar-refractivity contribution in [3.8, 4) is 22.8 Å². The van der Waals surface area contributed by atoms with Gasteiger partial charge >= 0.3 is 5.97 Å². The minimum absolute atomic E-state index is 0.328. The van der Waals surface area contributed by atoms with E-state index in [1.165, 1.54) is 18.9 Å². The Morgan fingerprint density at radius 2 is 1.89 bits per heavy atom. The number of thioether (sulfide) groups is 1. The maximum Gasteiger partial charge on any atom is 0.318 e. The molecule has 0 aliphatic carbocycles. The highest BCUT2D eigenvalue weighted by Gasteiger charge is 2.23. The van der Waals surface area contributed by atoms with Crippen LogP contribution in [0, 0.1) is 0 Å². The number of hydrogen-bond acceptors (Lipinski definition) is 6. The van der Waals surface area contributed by atoms with Crippen molar-refractivity contribution in [1.82, 2.24) is 14.8 Å². The molecule has 0 N–H and O–H groups in total. The molecule has 1 atom stereocenters. The zero-order chi connectivity index (χ0) is 20.1. The van der Waals surface area contributed by atoms with Gasteiger partial charge in [0.2, 0.25) is 0 Å². The van der Waals surface area contributed by atoms with Crippen molar-refractivity contribution in [2.45, 2.75) is 24.3 Å². The van der Waals surface area contributed by atoms with Gasteiger partial charge in [0.05, 0.1) is 18.7 Å². The molecule has 0 amide bonds. The van der Waals surface area contributed by atoms with Gasteiger partial charge in [-0.3, -0.25) is 9.36 Å². The van der Waals surface area contributed by atoms with Gasteiger partial charge in [0, 0.05) is 11.3 Å². The summed E-state index contributed by atoms with van der Waals surface area (Å²) in [5.41, 5.74) is 1.59. The van der Waals surface area contributed by atoms with Crippen LogP contribution in [0.25, 0.3) is 17.1 Å². The highest BCUT2D eigenvalue weighted by Crippen LogP contribution is 2.33. The van der Waals surface area contributed by atoms with Crippen LogP contribution in [0.4, 0.5) is 0 Å². The first kappa shape index (κ1) is 20.2. The van der Waals surface area contributed by atoms with E-state index in [0.717, 1.165) is 17.0 Å². The second kappa shape index (κ2) is 9.12. The lowest BCUT2D eigenvalue weighted by molar-refractivity contribution is -0.139. The smallest absolute Gasteiger partial charge is 0.318 e. The fourth-order valence-electron chi connectivity index (χ4n) is 2.63. The molecule has 8 heteroatoms. The molecule has 28 heavy (non-hydrogen) atoms. The maximum absolute atomic E-state index is 11.9. The Kier molecular flexibility index (Phi) is 6.59. The van der Waals surface area contributed by atoms with Crippen LogP contribution in [0.1, 0.15) is 13.8 Å². The molecule has 6 nitrogen and oxygen atoms in total. The Hall–Kier alpha value is -2.51. The van der Waals surface area contributed by atoms with Gasteiger partial charge in [0.1, 0.15) is 11.0 Å². The van der Waals surface area contributed by atoms with Gasteiger partial charge in [-0.15, -0.1) is 10.2 Å². The predicted octanol–water partition coefficient (Wildman–Crippen LogP) is 4.64. The lowest BCUT2D eigenvalue weighted by atomic mass is 10.2. The van der Waals surface area contributed by atoms with E-state index >= 15 is 0 Å². The number of benzene rings is 2. The normalized spacial score (nSPS) is 11.9. The highest BCUT2D eigenvalue weighted by atomic mass is 35.5. The minimum Gasteiger partial charge on any atom is -0.494 e. The third kappa shape index (κ3) is 4.31. The first-order chi connectivity index (χ1) is 13.5. The molecule has 0 radical (unpaired) electrons. The Morgan fingerprint density at radius 1 is 1.18 bits per heavy atom. The second-order valence-corrected chi connectivity index (χ2v) is 7.55. The number of aromatic nitrogens is 3. The van der Waals surface area contributed by atoms with Crippen LogP contribution >= 0.6 is 23.4 Å². The van der Waals surface area contributed by atoms with E-state index in [1.807, 2.05) is 54.0 Å². The molecular weight excluding hydrogens is 398 g/mol. The highest BCUT2D eigenvalue weighted by molar-refractivity contribution is 8.00. The fraction of sp³-hybridized carbons (Fsp3) is 0.250. The monoisotopic (exact) mass is 417 g/mol. The number of ether oxygens (including phenoxy) is 2. The summed E-state index contributed by atoms with van der Waals surface area (Å²) in [6, 6.07) is 15.0. The van der Waals surface area contributed by atoms with E-state index < -0.39 is 5.25 Å². The number of nitrogens with zero attached hydrogens (tertiary/aromatic N) is 3. The molecular formula is C20H20ClN3O3S. The first-order valence-corrected chi connectivity index (χ1v) is 9.99. The average molecular weight is 418 g/mol. The summed E-state index contributed by atoms with van der Waals surface area (Å²) in [7, 11) is 1.37. The van der Waals surface area contributed by atoms with Gasteiger partial charge in [-0.2, -0.15) is 0 Å². The lowest BCUT2D eigenvalue weighted by Crippen LogP contribution is -2.15. The van der Waals surface area contributed by atoms with Crippen LogP contribution in [0.2, 0.25) is 5.02 Å². The quantitative estimate of drug-likeness (QED) is 0.412. The van der Waals surface area contributed by atoms with Gasteiger partial charge in [-0.1, -0.05) is 35.5 Å². The van der Waals surface area contributed by atoms with Gasteiger partial charge in [0.25, 0.3) is 0 Å². The molecule has 3 rings (SSSR count). The number of rotatable bonds is 7. The minimum atomic E-state index is -0.435. The number of carbonyl (C=O) groups excluding carboxylic acids is 1. The van der Waals surface area contributed by atoms with Crippen LogP contribution in [0.3, 0.4) is 0 Å². The molecule has 0 spiro atoms. The van der Waals surface area contributed by atoms with E-state index in [-0.39, 0.29) is 5.97 Å². The van der Waals surface area contributed by atoms with Crippen molar-refractivity contribution in [2.75, 3.05) is 13.7 Å². The average Bonchev–Trinajstić information content (AvgIpc) is 3.11. The van der Waals surface area contributed by atoms with Crippen LogP contribution in [-0.4, -0.2) is 39.7 Å². The number of methoxy groups -OCH3 is 1. The molecule has 0 aliphatic rings. The van der Waals surface area contributed by atoms with Crippen molar-refractivity contribution < 1.29 is 14.3 Å². The number of hydrogen-bond donors (Lipinski definition) is 0. The first-order valence-electron chi connectivity index (χ1n) is 8.73. The van der Waals surface area contributed by atoms with Crippen LogP contribution in [0.15, 0.2) is 53.7 Å². The van der Waals surface area contributed by atoms with Crippen molar-refractivity contribution in [1.29, 1.82) is 0 Å². The molecule has 0 saturated heterocycles. The number of carbonyl (C=O) groups is 1. The van der Waals surface area contributed by atoms with E-state index in [4.69, 9.17) is 21.1 Å². The molecule has 1 heterocycles. The van der Waals surface area contributed by atoms with E-state index in [0.29, 0.717) is 22.6 Å². The number of halogens is 1. The van der Waals surface area contributed by atoms with Gasteiger partial charge < -0.3 is 9.47 Å². The Labute approximate surface area is 172 Å². The van der Waals surface area contributed by atoms with Gasteiger partial charge in [0.15, 0.2) is 11.0 Å². The van der Waals surface area contributed by atoms with E-state index in [1.54, 1.807) is 13.0 Å². The molecule has 0 saturated carbocycles. The molecule has 146 valence electrons. The number of esters is 1.